The molecule has 5 nitrogen and oxygen atoms in total. The van der Waals surface area contributed by atoms with Crippen LogP contribution in [0.4, 0.5) is 11.4 Å². The van der Waals surface area contributed by atoms with Gasteiger partial charge in [0.15, 0.2) is 0 Å². The number of hydrogen-bond donors (Lipinski definition) is 3. The summed E-state index contributed by atoms with van der Waals surface area (Å²) in [7, 11) is -3.80. The van der Waals surface area contributed by atoms with E-state index >= 15 is 0 Å². The lowest BCUT2D eigenvalue weighted by atomic mass is 10.3. The number of benzene rings is 2. The van der Waals surface area contributed by atoms with Crippen LogP contribution in [0.15, 0.2) is 45.8 Å². The van der Waals surface area contributed by atoms with Crippen molar-refractivity contribution >= 4 is 48.9 Å². The molecule has 2 rings (SSSR count). The highest BCUT2D eigenvalue weighted by molar-refractivity contribution is 9.10. The van der Waals surface area contributed by atoms with E-state index in [-0.39, 0.29) is 16.3 Å². The van der Waals surface area contributed by atoms with E-state index in [1.54, 1.807) is 12.1 Å². The van der Waals surface area contributed by atoms with Crippen LogP contribution in [0.25, 0.3) is 0 Å². The number of nitrogens with two attached hydrogens (primary N) is 1. The highest BCUT2D eigenvalue weighted by Crippen LogP contribution is 2.28. The average Bonchev–Trinajstić information content (AvgIpc) is 2.37. The van der Waals surface area contributed by atoms with Crippen LogP contribution in [-0.2, 0) is 10.0 Å². The molecule has 106 valence electrons. The number of phenols is 1. The largest absolute Gasteiger partial charge is 0.506 e. The molecule has 0 aliphatic heterocycles. The molecule has 0 aliphatic carbocycles. The lowest BCUT2D eigenvalue weighted by Gasteiger charge is -2.10. The zero-order valence-corrected chi connectivity index (χ0v) is 13.1. The number of aromatic hydroxyl groups is 1. The van der Waals surface area contributed by atoms with Gasteiger partial charge in [-0.15, -0.1) is 0 Å². The topological polar surface area (TPSA) is 92.4 Å². The average molecular weight is 378 g/mol. The standard InChI is InChI=1S/C12H10BrClN2O3S/c13-9-3-1-7(5-10(9)14)16-20(18,19)8-2-4-12(17)11(15)6-8/h1-6,16-17H,15H2. The summed E-state index contributed by atoms with van der Waals surface area (Å²) in [5.41, 5.74) is 5.80. The third-order valence-electron chi connectivity index (χ3n) is 2.48. The molecule has 2 aromatic rings. The SMILES string of the molecule is Nc1cc(S(=O)(=O)Nc2ccc(Br)c(Cl)c2)ccc1O. The second-order valence-electron chi connectivity index (χ2n) is 3.96. The molecule has 0 bridgehead atoms. The molecule has 0 saturated heterocycles. The molecule has 4 N–H and O–H groups in total. The first-order valence-electron chi connectivity index (χ1n) is 5.36. The summed E-state index contributed by atoms with van der Waals surface area (Å²) in [5, 5.41) is 9.69. The Morgan fingerprint density at radius 1 is 1.20 bits per heavy atom. The Morgan fingerprint density at radius 2 is 1.90 bits per heavy atom. The van der Waals surface area contributed by atoms with Gasteiger partial charge in [0.1, 0.15) is 5.75 Å². The maximum atomic E-state index is 12.2. The fourth-order valence-corrected chi connectivity index (χ4v) is 2.99. The van der Waals surface area contributed by atoms with Crippen molar-refractivity contribution in [1.29, 1.82) is 0 Å². The van der Waals surface area contributed by atoms with Crippen molar-refractivity contribution in [3.8, 4) is 5.75 Å². The van der Waals surface area contributed by atoms with Gasteiger partial charge in [0.2, 0.25) is 0 Å². The maximum Gasteiger partial charge on any atom is 0.261 e. The van der Waals surface area contributed by atoms with Gasteiger partial charge in [-0.05, 0) is 52.3 Å². The van der Waals surface area contributed by atoms with Crippen molar-refractivity contribution in [3.63, 3.8) is 0 Å². The summed E-state index contributed by atoms with van der Waals surface area (Å²) >= 11 is 9.12. The van der Waals surface area contributed by atoms with Crippen LogP contribution in [0.5, 0.6) is 5.75 Å². The Labute approximate surface area is 129 Å². The Morgan fingerprint density at radius 3 is 2.50 bits per heavy atom. The van der Waals surface area contributed by atoms with Gasteiger partial charge in [0.05, 0.1) is 21.3 Å². The number of rotatable bonds is 3. The van der Waals surface area contributed by atoms with E-state index in [0.29, 0.717) is 15.2 Å². The van der Waals surface area contributed by atoms with Gasteiger partial charge in [-0.2, -0.15) is 0 Å². The number of anilines is 2. The van der Waals surface area contributed by atoms with Gasteiger partial charge in [-0.25, -0.2) is 8.42 Å². The lowest BCUT2D eigenvalue weighted by molar-refractivity contribution is 0.477. The third kappa shape index (κ3) is 3.17. The molecule has 0 spiro atoms. The molecule has 0 heterocycles. The summed E-state index contributed by atoms with van der Waals surface area (Å²) < 4.78 is 27.4. The van der Waals surface area contributed by atoms with Gasteiger partial charge in [0, 0.05) is 4.47 Å². The molecule has 0 aliphatic rings. The molecule has 0 fully saturated rings. The number of phenolic OH excluding ortho intramolecular Hbond substituents is 1. The van der Waals surface area contributed by atoms with Gasteiger partial charge >= 0.3 is 0 Å². The highest BCUT2D eigenvalue weighted by Gasteiger charge is 2.16. The summed E-state index contributed by atoms with van der Waals surface area (Å²) in [6.07, 6.45) is 0. The molecule has 0 unspecified atom stereocenters. The van der Waals surface area contributed by atoms with Crippen molar-refractivity contribution in [2.75, 3.05) is 10.5 Å². The van der Waals surface area contributed by atoms with Gasteiger partial charge < -0.3 is 10.8 Å². The van der Waals surface area contributed by atoms with Crippen LogP contribution in [0.3, 0.4) is 0 Å². The number of nitrogen functional groups attached to an aromatic ring is 1. The van der Waals surface area contributed by atoms with Crippen LogP contribution in [0, 0.1) is 0 Å². The molecule has 0 aromatic heterocycles. The highest BCUT2D eigenvalue weighted by atomic mass is 79.9. The second-order valence-corrected chi connectivity index (χ2v) is 6.90. The molecular weight excluding hydrogens is 368 g/mol. The van der Waals surface area contributed by atoms with Gasteiger partial charge in [-0.3, -0.25) is 4.72 Å². The third-order valence-corrected chi connectivity index (χ3v) is 5.09. The van der Waals surface area contributed by atoms with E-state index < -0.39 is 10.0 Å². The van der Waals surface area contributed by atoms with Crippen molar-refractivity contribution in [1.82, 2.24) is 0 Å². The zero-order valence-electron chi connectivity index (χ0n) is 9.97. The number of hydrogen-bond acceptors (Lipinski definition) is 4. The molecule has 0 amide bonds. The monoisotopic (exact) mass is 376 g/mol. The first kappa shape index (κ1) is 15.0. The van der Waals surface area contributed by atoms with Crippen molar-refractivity contribution in [3.05, 3.63) is 45.9 Å². The minimum absolute atomic E-state index is 0.0123. The summed E-state index contributed by atoms with van der Waals surface area (Å²) in [4.78, 5) is -0.0492. The number of sulfonamides is 1. The summed E-state index contributed by atoms with van der Waals surface area (Å²) in [6, 6.07) is 8.33. The quantitative estimate of drug-likeness (QED) is 0.566. The summed E-state index contributed by atoms with van der Waals surface area (Å²) in [5.74, 6) is -0.171. The van der Waals surface area contributed by atoms with Gasteiger partial charge in [-0.1, -0.05) is 11.6 Å². The van der Waals surface area contributed by atoms with E-state index in [4.69, 9.17) is 17.3 Å². The minimum Gasteiger partial charge on any atom is -0.506 e. The van der Waals surface area contributed by atoms with E-state index in [1.165, 1.54) is 24.3 Å². The smallest absolute Gasteiger partial charge is 0.261 e. The van der Waals surface area contributed by atoms with Crippen LogP contribution in [0.1, 0.15) is 0 Å². The Kier molecular flexibility index (Phi) is 4.12. The van der Waals surface area contributed by atoms with Crippen LogP contribution in [-0.4, -0.2) is 13.5 Å². The Hall–Kier alpha value is -1.44. The van der Waals surface area contributed by atoms with Crippen molar-refractivity contribution < 1.29 is 13.5 Å². The molecule has 8 heteroatoms. The van der Waals surface area contributed by atoms with Crippen LogP contribution in [0.2, 0.25) is 5.02 Å². The Balaban J connectivity index is 2.35. The predicted octanol–water partition coefficient (Wildman–Crippen LogP) is 3.19. The zero-order chi connectivity index (χ0) is 14.9. The number of halogens is 2. The second kappa shape index (κ2) is 5.51. The van der Waals surface area contributed by atoms with Crippen LogP contribution >= 0.6 is 27.5 Å². The van der Waals surface area contributed by atoms with Gasteiger partial charge in [0.25, 0.3) is 10.0 Å². The molecule has 0 saturated carbocycles. The molecule has 20 heavy (non-hydrogen) atoms. The molecule has 0 atom stereocenters. The maximum absolute atomic E-state index is 12.2. The molecular formula is C12H10BrClN2O3S. The van der Waals surface area contributed by atoms with E-state index in [2.05, 4.69) is 20.7 Å². The predicted molar refractivity (Wildman–Crippen MR) is 82.5 cm³/mol. The van der Waals surface area contributed by atoms with E-state index in [0.717, 1.165) is 0 Å². The van der Waals surface area contributed by atoms with Crippen molar-refractivity contribution in [2.24, 2.45) is 0 Å². The van der Waals surface area contributed by atoms with Crippen molar-refractivity contribution in [2.45, 2.75) is 4.90 Å². The fourth-order valence-electron chi connectivity index (χ4n) is 1.47. The molecule has 2 aromatic carbocycles. The molecule has 0 radical (unpaired) electrons. The lowest BCUT2D eigenvalue weighted by Crippen LogP contribution is -2.13. The minimum atomic E-state index is -3.80. The first-order valence-corrected chi connectivity index (χ1v) is 8.01. The van der Waals surface area contributed by atoms with Crippen LogP contribution < -0.4 is 10.5 Å². The van der Waals surface area contributed by atoms with E-state index in [1.807, 2.05) is 0 Å². The normalized spacial score (nSPS) is 11.3. The fraction of sp³-hybridized carbons (Fsp3) is 0. The van der Waals surface area contributed by atoms with E-state index in [9.17, 15) is 13.5 Å². The first-order chi connectivity index (χ1) is 9.29. The number of nitrogens with one attached hydrogen (secondary N) is 1. The Bertz CT molecular complexity index is 765. The summed E-state index contributed by atoms with van der Waals surface area (Å²) in [6.45, 7) is 0.